The van der Waals surface area contributed by atoms with Gasteiger partial charge in [0, 0.05) is 22.8 Å². The number of benzene rings is 3. The number of fused-ring (bicyclic) bond motifs is 1. The summed E-state index contributed by atoms with van der Waals surface area (Å²) in [6.45, 7) is 0. The van der Waals surface area contributed by atoms with Crippen molar-refractivity contribution in [2.45, 2.75) is 0 Å². The number of carbonyl (C=O) groups is 1. The fourth-order valence-electron chi connectivity index (χ4n) is 2.89. The fourth-order valence-corrected chi connectivity index (χ4v) is 2.89. The molecule has 1 N–H and O–H groups in total. The molecule has 1 aliphatic rings. The van der Waals surface area contributed by atoms with Crippen molar-refractivity contribution in [2.24, 2.45) is 0 Å². The third-order valence-corrected chi connectivity index (χ3v) is 4.19. The number of phenolic OH excluding ortho intramolecular Hbond substituents is 1. The molecule has 0 fully saturated rings. The van der Waals surface area contributed by atoms with Crippen molar-refractivity contribution in [2.75, 3.05) is 0 Å². The normalized spacial score (nSPS) is 14.3. The van der Waals surface area contributed by atoms with Crippen LogP contribution in [0.15, 0.2) is 91.0 Å². The highest BCUT2D eigenvalue weighted by Gasteiger charge is 2.19. The van der Waals surface area contributed by atoms with E-state index in [2.05, 4.69) is 0 Å². The van der Waals surface area contributed by atoms with E-state index >= 15 is 0 Å². The van der Waals surface area contributed by atoms with Gasteiger partial charge in [-0.2, -0.15) is 0 Å². The van der Waals surface area contributed by atoms with Gasteiger partial charge >= 0.3 is 0 Å². The van der Waals surface area contributed by atoms with E-state index in [0.29, 0.717) is 17.1 Å². The lowest BCUT2D eigenvalue weighted by Gasteiger charge is -2.20. The van der Waals surface area contributed by atoms with Crippen LogP contribution in [0.1, 0.15) is 21.5 Å². The van der Waals surface area contributed by atoms with E-state index < -0.39 is 0 Å². The number of hydrogen-bond acceptors (Lipinski definition) is 3. The lowest BCUT2D eigenvalue weighted by molar-refractivity contribution is 0.104. The molecule has 26 heavy (non-hydrogen) atoms. The van der Waals surface area contributed by atoms with Crippen LogP contribution < -0.4 is 4.74 Å². The molecule has 0 bridgehead atoms. The first-order valence-corrected chi connectivity index (χ1v) is 8.30. The Balaban J connectivity index is 1.81. The lowest BCUT2D eigenvalue weighted by atomic mass is 9.97. The van der Waals surface area contributed by atoms with E-state index in [4.69, 9.17) is 4.74 Å². The van der Waals surface area contributed by atoms with Gasteiger partial charge in [-0.1, -0.05) is 60.7 Å². The Morgan fingerprint density at radius 1 is 0.885 bits per heavy atom. The van der Waals surface area contributed by atoms with E-state index in [1.807, 2.05) is 54.6 Å². The molecular formula is C23H16O3. The lowest BCUT2D eigenvalue weighted by Crippen LogP contribution is -2.05. The fraction of sp³-hybridized carbons (Fsp3) is 0. The Bertz CT molecular complexity index is 1020. The van der Waals surface area contributed by atoms with Gasteiger partial charge in [-0.3, -0.25) is 4.79 Å². The van der Waals surface area contributed by atoms with Gasteiger partial charge in [-0.05, 0) is 29.9 Å². The molecule has 0 unspecified atom stereocenters. The monoisotopic (exact) mass is 340 g/mol. The van der Waals surface area contributed by atoms with E-state index in [9.17, 15) is 9.90 Å². The molecule has 0 atom stereocenters. The maximum Gasteiger partial charge on any atom is 0.186 e. The molecule has 3 nitrogen and oxygen atoms in total. The van der Waals surface area contributed by atoms with Gasteiger partial charge in [0.2, 0.25) is 0 Å². The molecule has 3 aromatic rings. The second-order valence-electron chi connectivity index (χ2n) is 5.99. The number of aromatic hydroxyl groups is 1. The first-order chi connectivity index (χ1) is 12.7. The maximum atomic E-state index is 12.6. The highest BCUT2D eigenvalue weighted by molar-refractivity contribution is 6.10. The number of allylic oxidation sites excluding steroid dienone is 3. The Morgan fingerprint density at radius 3 is 2.31 bits per heavy atom. The number of rotatable bonds is 3. The molecule has 1 aliphatic heterocycles. The molecule has 0 radical (unpaired) electrons. The highest BCUT2D eigenvalue weighted by Crippen LogP contribution is 2.38. The van der Waals surface area contributed by atoms with E-state index in [-0.39, 0.29) is 11.5 Å². The Hall–Kier alpha value is -3.59. The zero-order chi connectivity index (χ0) is 17.9. The molecule has 1 heterocycles. The minimum Gasteiger partial charge on any atom is -0.508 e. The molecule has 0 saturated heterocycles. The van der Waals surface area contributed by atoms with Crippen molar-refractivity contribution in [3.05, 3.63) is 108 Å². The van der Waals surface area contributed by atoms with Gasteiger partial charge in [-0.25, -0.2) is 0 Å². The van der Waals surface area contributed by atoms with Crippen molar-refractivity contribution < 1.29 is 14.6 Å². The second kappa shape index (κ2) is 6.73. The smallest absolute Gasteiger partial charge is 0.186 e. The topological polar surface area (TPSA) is 46.5 Å². The van der Waals surface area contributed by atoms with Crippen LogP contribution in [0, 0.1) is 0 Å². The van der Waals surface area contributed by atoms with Crippen molar-refractivity contribution in [1.82, 2.24) is 0 Å². The SMILES string of the molecule is O=C(C=C1C=C(c2ccccc2)Oc2cc(O)ccc21)c1ccccc1. The average molecular weight is 340 g/mol. The van der Waals surface area contributed by atoms with Crippen LogP contribution >= 0.6 is 0 Å². The highest BCUT2D eigenvalue weighted by atomic mass is 16.5. The first-order valence-electron chi connectivity index (χ1n) is 8.30. The van der Waals surface area contributed by atoms with Crippen LogP contribution in [0.2, 0.25) is 0 Å². The van der Waals surface area contributed by atoms with Gasteiger partial charge in [-0.15, -0.1) is 0 Å². The van der Waals surface area contributed by atoms with Gasteiger partial charge < -0.3 is 9.84 Å². The molecule has 0 aromatic heterocycles. The van der Waals surface area contributed by atoms with Crippen LogP contribution in [0.4, 0.5) is 0 Å². The summed E-state index contributed by atoms with van der Waals surface area (Å²) >= 11 is 0. The molecular weight excluding hydrogens is 324 g/mol. The molecule has 3 aromatic carbocycles. The third-order valence-electron chi connectivity index (χ3n) is 4.19. The second-order valence-corrected chi connectivity index (χ2v) is 5.99. The van der Waals surface area contributed by atoms with E-state index in [1.165, 1.54) is 0 Å². The van der Waals surface area contributed by atoms with Gasteiger partial charge in [0.25, 0.3) is 0 Å². The van der Waals surface area contributed by atoms with Crippen LogP contribution in [0.25, 0.3) is 11.3 Å². The Kier molecular flexibility index (Phi) is 4.12. The zero-order valence-corrected chi connectivity index (χ0v) is 13.9. The number of phenols is 1. The molecule has 0 saturated carbocycles. The summed E-state index contributed by atoms with van der Waals surface area (Å²) in [5.74, 6) is 1.20. The minimum absolute atomic E-state index is 0.0785. The van der Waals surface area contributed by atoms with Crippen LogP contribution in [0.5, 0.6) is 11.5 Å². The molecule has 3 heteroatoms. The van der Waals surface area contributed by atoms with E-state index in [1.54, 1.807) is 36.4 Å². The third kappa shape index (κ3) is 3.15. The summed E-state index contributed by atoms with van der Waals surface area (Å²) in [4.78, 5) is 12.6. The van der Waals surface area contributed by atoms with Gasteiger partial charge in [0.1, 0.15) is 17.3 Å². The van der Waals surface area contributed by atoms with Crippen molar-refractivity contribution in [1.29, 1.82) is 0 Å². The summed E-state index contributed by atoms with van der Waals surface area (Å²) in [5, 5.41) is 9.81. The zero-order valence-electron chi connectivity index (χ0n) is 13.9. The molecule has 0 spiro atoms. The summed E-state index contributed by atoms with van der Waals surface area (Å²) < 4.78 is 5.97. The van der Waals surface area contributed by atoms with E-state index in [0.717, 1.165) is 16.7 Å². The molecule has 0 aliphatic carbocycles. The van der Waals surface area contributed by atoms with Gasteiger partial charge in [0.05, 0.1) is 0 Å². The van der Waals surface area contributed by atoms with Crippen molar-refractivity contribution in [3.63, 3.8) is 0 Å². The summed E-state index contributed by atoms with van der Waals surface area (Å²) in [6, 6.07) is 23.7. The summed E-state index contributed by atoms with van der Waals surface area (Å²) in [7, 11) is 0. The van der Waals surface area contributed by atoms with Crippen LogP contribution in [-0.4, -0.2) is 10.9 Å². The number of ether oxygens (including phenoxy) is 1. The van der Waals surface area contributed by atoms with Crippen molar-refractivity contribution in [3.8, 4) is 11.5 Å². The standard InChI is InChI=1S/C23H16O3/c24-19-11-12-20-18(13-21(25)16-7-3-1-4-8-16)14-22(26-23(20)15-19)17-9-5-2-6-10-17/h1-15,24H. The van der Waals surface area contributed by atoms with Crippen LogP contribution in [-0.2, 0) is 0 Å². The average Bonchev–Trinajstić information content (AvgIpc) is 2.69. The molecule has 0 amide bonds. The summed E-state index contributed by atoms with van der Waals surface area (Å²) in [6.07, 6.45) is 3.46. The number of ketones is 1. The first kappa shape index (κ1) is 15.9. The predicted octanol–water partition coefficient (Wildman–Crippen LogP) is 5.09. The Labute approximate surface area is 151 Å². The van der Waals surface area contributed by atoms with Crippen molar-refractivity contribution >= 4 is 17.1 Å². The predicted molar refractivity (Wildman–Crippen MR) is 102 cm³/mol. The summed E-state index contributed by atoms with van der Waals surface area (Å²) in [5.41, 5.74) is 3.05. The maximum absolute atomic E-state index is 12.6. The minimum atomic E-state index is -0.0785. The Morgan fingerprint density at radius 2 is 1.58 bits per heavy atom. The van der Waals surface area contributed by atoms with Gasteiger partial charge in [0.15, 0.2) is 5.78 Å². The molecule has 4 rings (SSSR count). The molecule has 126 valence electrons. The largest absolute Gasteiger partial charge is 0.508 e. The number of carbonyl (C=O) groups excluding carboxylic acids is 1. The number of hydrogen-bond donors (Lipinski definition) is 1. The van der Waals surface area contributed by atoms with Crippen LogP contribution in [0.3, 0.4) is 0 Å². The quantitative estimate of drug-likeness (QED) is 0.533.